The molecular weight excluding hydrogens is 310 g/mol. The summed E-state index contributed by atoms with van der Waals surface area (Å²) in [7, 11) is -0.949. The molecule has 6 heteroatoms. The van der Waals surface area contributed by atoms with Crippen LogP contribution in [0.1, 0.15) is 49.4 Å². The van der Waals surface area contributed by atoms with Crippen molar-refractivity contribution in [1.29, 1.82) is 0 Å². The summed E-state index contributed by atoms with van der Waals surface area (Å²) < 4.78 is 17.8. The zero-order valence-corrected chi connectivity index (χ0v) is 13.9. The predicted octanol–water partition coefficient (Wildman–Crippen LogP) is 2.89. The topological polar surface area (TPSA) is 59.2 Å². The SMILES string of the molecule is O=[S@@](CCN1CCC[C@H]1c1noc(C2CC2)n1)c1ccccc1. The molecule has 0 amide bonds. The van der Waals surface area contributed by atoms with E-state index in [1.54, 1.807) is 0 Å². The maximum Gasteiger partial charge on any atom is 0.229 e. The summed E-state index contributed by atoms with van der Waals surface area (Å²) in [5.41, 5.74) is 0. The summed E-state index contributed by atoms with van der Waals surface area (Å²) >= 11 is 0. The van der Waals surface area contributed by atoms with E-state index < -0.39 is 10.8 Å². The number of benzene rings is 1. The highest BCUT2D eigenvalue weighted by atomic mass is 32.2. The van der Waals surface area contributed by atoms with Crippen molar-refractivity contribution in [1.82, 2.24) is 15.0 Å². The maximum absolute atomic E-state index is 12.4. The van der Waals surface area contributed by atoms with Gasteiger partial charge in [-0.3, -0.25) is 9.11 Å². The first kappa shape index (κ1) is 15.0. The Hall–Kier alpha value is -1.53. The van der Waals surface area contributed by atoms with E-state index in [0.29, 0.717) is 11.7 Å². The third-order valence-electron chi connectivity index (χ3n) is 4.62. The lowest BCUT2D eigenvalue weighted by atomic mass is 10.2. The first-order chi connectivity index (χ1) is 11.3. The Labute approximate surface area is 138 Å². The molecule has 4 rings (SSSR count). The van der Waals surface area contributed by atoms with Gasteiger partial charge in [0.15, 0.2) is 5.82 Å². The molecule has 0 radical (unpaired) electrons. The van der Waals surface area contributed by atoms with Crippen molar-refractivity contribution in [2.24, 2.45) is 0 Å². The number of likely N-dealkylation sites (tertiary alicyclic amines) is 1. The van der Waals surface area contributed by atoms with Crippen molar-refractivity contribution < 1.29 is 8.73 Å². The minimum absolute atomic E-state index is 0.221. The smallest absolute Gasteiger partial charge is 0.229 e. The number of rotatable bonds is 6. The Bertz CT molecular complexity index is 684. The van der Waals surface area contributed by atoms with Crippen molar-refractivity contribution in [3.05, 3.63) is 42.0 Å². The Morgan fingerprint density at radius 3 is 2.83 bits per heavy atom. The standard InChI is InChI=1S/C17H21N3O2S/c21-23(14-5-2-1-3-6-14)12-11-20-10-4-7-15(20)16-18-17(22-19-16)13-8-9-13/h1-3,5-6,13,15H,4,7-12H2/t15-,23-/m0/s1. The van der Waals surface area contributed by atoms with E-state index >= 15 is 0 Å². The molecule has 1 aliphatic carbocycles. The normalized spacial score (nSPS) is 23.2. The highest BCUT2D eigenvalue weighted by Crippen LogP contribution is 2.40. The predicted molar refractivity (Wildman–Crippen MR) is 87.5 cm³/mol. The van der Waals surface area contributed by atoms with Crippen molar-refractivity contribution in [3.63, 3.8) is 0 Å². The average molecular weight is 331 g/mol. The highest BCUT2D eigenvalue weighted by molar-refractivity contribution is 7.85. The Morgan fingerprint density at radius 1 is 1.22 bits per heavy atom. The molecule has 1 aromatic heterocycles. The van der Waals surface area contributed by atoms with E-state index in [1.807, 2.05) is 30.3 Å². The van der Waals surface area contributed by atoms with Crippen molar-refractivity contribution in [2.75, 3.05) is 18.8 Å². The van der Waals surface area contributed by atoms with Gasteiger partial charge in [-0.25, -0.2) is 0 Å². The molecule has 2 heterocycles. The average Bonchev–Trinajstić information content (AvgIpc) is 3.14. The van der Waals surface area contributed by atoms with Crippen LogP contribution in [-0.4, -0.2) is 38.1 Å². The summed E-state index contributed by atoms with van der Waals surface area (Å²) in [4.78, 5) is 7.85. The molecule has 2 aromatic rings. The van der Waals surface area contributed by atoms with Gasteiger partial charge in [0.05, 0.1) is 16.8 Å². The number of nitrogens with zero attached hydrogens (tertiary/aromatic N) is 3. The van der Waals surface area contributed by atoms with Crippen LogP contribution in [0.15, 0.2) is 39.8 Å². The minimum Gasteiger partial charge on any atom is -0.339 e. The van der Waals surface area contributed by atoms with Crippen LogP contribution < -0.4 is 0 Å². The van der Waals surface area contributed by atoms with Gasteiger partial charge in [-0.1, -0.05) is 23.4 Å². The molecular formula is C17H21N3O2S. The Balaban J connectivity index is 1.38. The second-order valence-electron chi connectivity index (χ2n) is 6.32. The van der Waals surface area contributed by atoms with Gasteiger partial charge < -0.3 is 4.52 Å². The zero-order chi connectivity index (χ0) is 15.6. The molecule has 0 bridgehead atoms. The van der Waals surface area contributed by atoms with E-state index in [-0.39, 0.29) is 6.04 Å². The number of aromatic nitrogens is 2. The molecule has 2 fully saturated rings. The van der Waals surface area contributed by atoms with Crippen LogP contribution in [0.25, 0.3) is 0 Å². The Kier molecular flexibility index (Phi) is 4.27. The molecule has 1 aromatic carbocycles. The summed E-state index contributed by atoms with van der Waals surface area (Å²) in [5, 5.41) is 4.19. The van der Waals surface area contributed by atoms with Gasteiger partial charge in [0, 0.05) is 23.1 Å². The van der Waals surface area contributed by atoms with Crippen LogP contribution in [0.4, 0.5) is 0 Å². The van der Waals surface area contributed by atoms with Gasteiger partial charge in [-0.05, 0) is 44.4 Å². The molecule has 2 atom stereocenters. The lowest BCUT2D eigenvalue weighted by Crippen LogP contribution is -2.28. The summed E-state index contributed by atoms with van der Waals surface area (Å²) in [6, 6.07) is 9.90. The van der Waals surface area contributed by atoms with E-state index in [1.165, 1.54) is 12.8 Å². The molecule has 0 unspecified atom stereocenters. The van der Waals surface area contributed by atoms with Crippen LogP contribution in [0.3, 0.4) is 0 Å². The van der Waals surface area contributed by atoms with Gasteiger partial charge in [-0.15, -0.1) is 0 Å². The third-order valence-corrected chi connectivity index (χ3v) is 5.97. The van der Waals surface area contributed by atoms with Crippen LogP contribution in [-0.2, 0) is 10.8 Å². The van der Waals surface area contributed by atoms with Crippen molar-refractivity contribution in [2.45, 2.75) is 42.5 Å². The fourth-order valence-electron chi connectivity index (χ4n) is 3.16. The van der Waals surface area contributed by atoms with E-state index in [9.17, 15) is 4.21 Å². The van der Waals surface area contributed by atoms with Crippen molar-refractivity contribution in [3.8, 4) is 0 Å². The lowest BCUT2D eigenvalue weighted by Gasteiger charge is -2.21. The number of hydrogen-bond donors (Lipinski definition) is 0. The minimum atomic E-state index is -0.949. The second kappa shape index (κ2) is 6.53. The van der Waals surface area contributed by atoms with E-state index in [4.69, 9.17) is 4.52 Å². The van der Waals surface area contributed by atoms with Crippen molar-refractivity contribution >= 4 is 10.8 Å². The third kappa shape index (κ3) is 3.38. The van der Waals surface area contributed by atoms with Gasteiger partial charge in [-0.2, -0.15) is 4.98 Å². The zero-order valence-electron chi connectivity index (χ0n) is 13.1. The first-order valence-electron chi connectivity index (χ1n) is 8.32. The molecule has 122 valence electrons. The van der Waals surface area contributed by atoms with E-state index in [0.717, 1.165) is 42.5 Å². The molecule has 1 saturated heterocycles. The monoisotopic (exact) mass is 331 g/mol. The van der Waals surface area contributed by atoms with Gasteiger partial charge in [0.2, 0.25) is 5.89 Å². The summed E-state index contributed by atoms with van der Waals surface area (Å²) in [5.74, 6) is 2.76. The fraction of sp³-hybridized carbons (Fsp3) is 0.529. The largest absolute Gasteiger partial charge is 0.339 e. The van der Waals surface area contributed by atoms with Gasteiger partial charge in [0.25, 0.3) is 0 Å². The fourth-order valence-corrected chi connectivity index (χ4v) is 4.25. The van der Waals surface area contributed by atoms with Crippen LogP contribution in [0.5, 0.6) is 0 Å². The molecule has 1 aliphatic heterocycles. The molecule has 2 aliphatic rings. The molecule has 23 heavy (non-hydrogen) atoms. The summed E-state index contributed by atoms with van der Waals surface area (Å²) in [6.45, 7) is 1.82. The maximum atomic E-state index is 12.4. The Morgan fingerprint density at radius 2 is 2.04 bits per heavy atom. The van der Waals surface area contributed by atoms with Gasteiger partial charge in [0.1, 0.15) is 0 Å². The summed E-state index contributed by atoms with van der Waals surface area (Å²) in [6.07, 6.45) is 4.54. The van der Waals surface area contributed by atoms with Crippen LogP contribution in [0, 0.1) is 0 Å². The molecule has 0 N–H and O–H groups in total. The highest BCUT2D eigenvalue weighted by Gasteiger charge is 2.34. The first-order valence-corrected chi connectivity index (χ1v) is 9.64. The lowest BCUT2D eigenvalue weighted by molar-refractivity contribution is 0.256. The van der Waals surface area contributed by atoms with E-state index in [2.05, 4.69) is 15.0 Å². The second-order valence-corrected chi connectivity index (χ2v) is 7.89. The van der Waals surface area contributed by atoms with Gasteiger partial charge >= 0.3 is 0 Å². The molecule has 0 spiro atoms. The number of hydrogen-bond acceptors (Lipinski definition) is 5. The quantitative estimate of drug-likeness (QED) is 0.814. The molecule has 1 saturated carbocycles. The van der Waals surface area contributed by atoms with Crippen LogP contribution >= 0.6 is 0 Å². The van der Waals surface area contributed by atoms with Crippen LogP contribution in [0.2, 0.25) is 0 Å². The molecule has 5 nitrogen and oxygen atoms in total.